The van der Waals surface area contributed by atoms with Crippen LogP contribution in [0, 0.1) is 13.8 Å². The van der Waals surface area contributed by atoms with Gasteiger partial charge in [-0.05, 0) is 42.7 Å². The van der Waals surface area contributed by atoms with Gasteiger partial charge in [-0.3, -0.25) is 19.0 Å². The van der Waals surface area contributed by atoms with Gasteiger partial charge < -0.3 is 9.80 Å². The van der Waals surface area contributed by atoms with Gasteiger partial charge in [-0.1, -0.05) is 36.4 Å². The molecule has 0 N–H and O–H groups in total. The average Bonchev–Trinajstić information content (AvgIpc) is 2.84. The average molecular weight is 462 g/mol. The SMILES string of the molecule is CC(=O)N1CCN(C(=O)c2nn(-c3ccc(C)c(C)c3)c(=O)n(Cc3ccccc3)c2=O)CC1. The first-order chi connectivity index (χ1) is 16.3. The molecule has 0 saturated carbocycles. The first-order valence-electron chi connectivity index (χ1n) is 11.2. The van der Waals surface area contributed by atoms with E-state index < -0.39 is 17.2 Å². The number of benzene rings is 2. The van der Waals surface area contributed by atoms with Crippen LogP contribution in [0.4, 0.5) is 0 Å². The van der Waals surface area contributed by atoms with Crippen molar-refractivity contribution in [3.63, 3.8) is 0 Å². The van der Waals surface area contributed by atoms with Crippen LogP contribution in [-0.4, -0.2) is 62.1 Å². The van der Waals surface area contributed by atoms with Gasteiger partial charge in [-0.15, -0.1) is 0 Å². The van der Waals surface area contributed by atoms with Crippen molar-refractivity contribution in [2.24, 2.45) is 0 Å². The van der Waals surface area contributed by atoms with Crippen molar-refractivity contribution in [1.29, 1.82) is 0 Å². The number of carbonyl (C=O) groups excluding carboxylic acids is 2. The van der Waals surface area contributed by atoms with Crippen molar-refractivity contribution in [1.82, 2.24) is 24.1 Å². The first-order valence-corrected chi connectivity index (χ1v) is 11.2. The molecule has 9 heteroatoms. The van der Waals surface area contributed by atoms with Crippen LogP contribution >= 0.6 is 0 Å². The van der Waals surface area contributed by atoms with E-state index in [0.717, 1.165) is 25.9 Å². The van der Waals surface area contributed by atoms with Gasteiger partial charge in [-0.2, -0.15) is 9.78 Å². The van der Waals surface area contributed by atoms with E-state index in [1.165, 1.54) is 11.8 Å². The highest BCUT2D eigenvalue weighted by Crippen LogP contribution is 2.12. The molecule has 0 aliphatic carbocycles. The molecule has 0 bridgehead atoms. The number of nitrogens with zero attached hydrogens (tertiary/aromatic N) is 5. The van der Waals surface area contributed by atoms with Gasteiger partial charge in [0.15, 0.2) is 0 Å². The third kappa shape index (κ3) is 4.54. The van der Waals surface area contributed by atoms with E-state index in [0.29, 0.717) is 31.9 Å². The Balaban J connectivity index is 1.81. The second kappa shape index (κ2) is 9.46. The maximum atomic E-state index is 13.4. The summed E-state index contributed by atoms with van der Waals surface area (Å²) in [4.78, 5) is 54.8. The highest BCUT2D eigenvalue weighted by Gasteiger charge is 2.28. The number of amides is 2. The van der Waals surface area contributed by atoms with Gasteiger partial charge in [0.2, 0.25) is 11.6 Å². The maximum Gasteiger partial charge on any atom is 0.352 e. The number of hydrogen-bond acceptors (Lipinski definition) is 5. The molecule has 2 amide bonds. The highest BCUT2D eigenvalue weighted by atomic mass is 16.2. The Labute approximate surface area is 196 Å². The molecule has 4 rings (SSSR count). The Morgan fingerprint density at radius 2 is 1.53 bits per heavy atom. The van der Waals surface area contributed by atoms with Gasteiger partial charge in [0, 0.05) is 33.1 Å². The van der Waals surface area contributed by atoms with Crippen molar-refractivity contribution < 1.29 is 9.59 Å². The van der Waals surface area contributed by atoms with Gasteiger partial charge in [-0.25, -0.2) is 4.79 Å². The number of aryl methyl sites for hydroxylation is 2. The fourth-order valence-corrected chi connectivity index (χ4v) is 3.95. The molecule has 1 aliphatic rings. The minimum Gasteiger partial charge on any atom is -0.339 e. The monoisotopic (exact) mass is 461 g/mol. The lowest BCUT2D eigenvalue weighted by atomic mass is 10.1. The summed E-state index contributed by atoms with van der Waals surface area (Å²) in [6.07, 6.45) is 0. The summed E-state index contributed by atoms with van der Waals surface area (Å²) in [5.74, 6) is -0.605. The summed E-state index contributed by atoms with van der Waals surface area (Å²) in [7, 11) is 0. The third-order valence-electron chi connectivity index (χ3n) is 6.19. The van der Waals surface area contributed by atoms with Gasteiger partial charge in [0.25, 0.3) is 11.5 Å². The molecular formula is C25H27N5O4. The third-order valence-corrected chi connectivity index (χ3v) is 6.19. The number of piperazine rings is 1. The molecule has 1 aliphatic heterocycles. The highest BCUT2D eigenvalue weighted by molar-refractivity contribution is 5.92. The van der Waals surface area contributed by atoms with E-state index in [4.69, 9.17) is 0 Å². The standard InChI is InChI=1S/C25H27N5O4/c1-17-9-10-21(15-18(17)2)30-25(34)29(16-20-7-5-4-6-8-20)24(33)22(26-30)23(32)28-13-11-27(12-14-28)19(3)31/h4-10,15H,11-14,16H2,1-3H3. The minimum atomic E-state index is -0.729. The smallest absolute Gasteiger partial charge is 0.339 e. The van der Waals surface area contributed by atoms with Gasteiger partial charge in [0.1, 0.15) is 0 Å². The van der Waals surface area contributed by atoms with Crippen molar-refractivity contribution in [2.75, 3.05) is 26.2 Å². The zero-order valence-corrected chi connectivity index (χ0v) is 19.5. The normalized spacial score (nSPS) is 13.7. The fourth-order valence-electron chi connectivity index (χ4n) is 3.95. The molecule has 1 fully saturated rings. The minimum absolute atomic E-state index is 0.0181. The maximum absolute atomic E-state index is 13.4. The molecule has 34 heavy (non-hydrogen) atoms. The number of hydrogen-bond donors (Lipinski definition) is 0. The van der Waals surface area contributed by atoms with Crippen molar-refractivity contribution in [2.45, 2.75) is 27.3 Å². The van der Waals surface area contributed by atoms with Crippen LogP contribution < -0.4 is 11.2 Å². The molecule has 9 nitrogen and oxygen atoms in total. The van der Waals surface area contributed by atoms with E-state index in [9.17, 15) is 19.2 Å². The lowest BCUT2D eigenvalue weighted by molar-refractivity contribution is -0.130. The summed E-state index contributed by atoms with van der Waals surface area (Å²) in [5.41, 5.74) is 1.58. The Morgan fingerprint density at radius 3 is 2.15 bits per heavy atom. The molecule has 0 unspecified atom stereocenters. The molecule has 0 spiro atoms. The molecule has 1 saturated heterocycles. The van der Waals surface area contributed by atoms with Crippen LogP contribution in [-0.2, 0) is 11.3 Å². The Bertz CT molecular complexity index is 1350. The van der Waals surface area contributed by atoms with E-state index in [1.807, 2.05) is 50.2 Å². The molecule has 0 atom stereocenters. The summed E-state index contributed by atoms with van der Waals surface area (Å²) in [6.45, 7) is 6.74. The van der Waals surface area contributed by atoms with Crippen LogP contribution in [0.3, 0.4) is 0 Å². The second-order valence-electron chi connectivity index (χ2n) is 8.49. The van der Waals surface area contributed by atoms with E-state index in [2.05, 4.69) is 5.10 Å². The summed E-state index contributed by atoms with van der Waals surface area (Å²) >= 11 is 0. The second-order valence-corrected chi connectivity index (χ2v) is 8.49. The van der Waals surface area contributed by atoms with Crippen molar-refractivity contribution in [3.8, 4) is 5.69 Å². The van der Waals surface area contributed by atoms with Crippen LogP contribution in [0.2, 0.25) is 0 Å². The van der Waals surface area contributed by atoms with Crippen molar-refractivity contribution in [3.05, 3.63) is 91.8 Å². The lowest BCUT2D eigenvalue weighted by Crippen LogP contribution is -2.52. The van der Waals surface area contributed by atoms with Gasteiger partial charge >= 0.3 is 5.69 Å². The molecule has 0 radical (unpaired) electrons. The lowest BCUT2D eigenvalue weighted by Gasteiger charge is -2.33. The molecule has 2 aromatic carbocycles. The quantitative estimate of drug-likeness (QED) is 0.585. The molecule has 2 heterocycles. The van der Waals surface area contributed by atoms with E-state index in [-0.39, 0.29) is 18.1 Å². The zero-order chi connectivity index (χ0) is 24.4. The Hall–Kier alpha value is -4.01. The molecule has 176 valence electrons. The topological polar surface area (TPSA) is 97.5 Å². The Morgan fingerprint density at radius 1 is 0.882 bits per heavy atom. The van der Waals surface area contributed by atoms with Crippen LogP contribution in [0.5, 0.6) is 0 Å². The summed E-state index contributed by atoms with van der Waals surface area (Å²) in [5, 5.41) is 4.24. The molecular weight excluding hydrogens is 434 g/mol. The van der Waals surface area contributed by atoms with Crippen molar-refractivity contribution >= 4 is 11.8 Å². The van der Waals surface area contributed by atoms with E-state index >= 15 is 0 Å². The fraction of sp³-hybridized carbons (Fsp3) is 0.320. The predicted molar refractivity (Wildman–Crippen MR) is 127 cm³/mol. The van der Waals surface area contributed by atoms with Crippen LogP contribution in [0.1, 0.15) is 34.1 Å². The van der Waals surface area contributed by atoms with E-state index in [1.54, 1.807) is 17.0 Å². The van der Waals surface area contributed by atoms with Crippen LogP contribution in [0.25, 0.3) is 5.69 Å². The zero-order valence-electron chi connectivity index (χ0n) is 19.5. The van der Waals surface area contributed by atoms with Crippen LogP contribution in [0.15, 0.2) is 58.1 Å². The summed E-state index contributed by atoms with van der Waals surface area (Å²) in [6, 6.07) is 14.5. The predicted octanol–water partition coefficient (Wildman–Crippen LogP) is 1.36. The molecule has 3 aromatic rings. The largest absolute Gasteiger partial charge is 0.352 e. The Kier molecular flexibility index (Phi) is 6.45. The summed E-state index contributed by atoms with van der Waals surface area (Å²) < 4.78 is 2.17. The number of aromatic nitrogens is 3. The van der Waals surface area contributed by atoms with Gasteiger partial charge in [0.05, 0.1) is 12.2 Å². The number of rotatable bonds is 4. The number of carbonyl (C=O) groups is 2. The first kappa shape index (κ1) is 23.2. The molecule has 1 aromatic heterocycles.